The largest absolute Gasteiger partial charge is 0.429 e. The van der Waals surface area contributed by atoms with E-state index in [1.165, 1.54) is 0 Å². The van der Waals surface area contributed by atoms with Gasteiger partial charge in [-0.1, -0.05) is 0 Å². The van der Waals surface area contributed by atoms with Gasteiger partial charge in [-0.15, -0.1) is 0 Å². The molecule has 1 aromatic carbocycles. The number of hydrogen-bond acceptors (Lipinski definition) is 2. The molecule has 2 unspecified atom stereocenters. The summed E-state index contributed by atoms with van der Waals surface area (Å²) in [5, 5.41) is 0. The molecule has 0 aliphatic heterocycles. The molecular weight excluding hydrogens is 393 g/mol. The summed E-state index contributed by atoms with van der Waals surface area (Å²) in [4.78, 5) is 0. The van der Waals surface area contributed by atoms with Crippen LogP contribution in [0.2, 0.25) is 0 Å². The van der Waals surface area contributed by atoms with E-state index in [-0.39, 0.29) is 12.1 Å². The predicted octanol–water partition coefficient (Wildman–Crippen LogP) is 5.05. The fourth-order valence-corrected chi connectivity index (χ4v) is 2.38. The molecule has 0 aliphatic carbocycles. The van der Waals surface area contributed by atoms with Crippen LogP contribution in [0.25, 0.3) is 0 Å². The lowest BCUT2D eigenvalue weighted by Crippen LogP contribution is -2.69. The van der Waals surface area contributed by atoms with Crippen LogP contribution in [0.1, 0.15) is 12.5 Å². The molecule has 0 bridgehead atoms. The highest BCUT2D eigenvalue weighted by molar-refractivity contribution is 5.55. The van der Waals surface area contributed by atoms with Crippen molar-refractivity contribution in [2.45, 2.75) is 37.3 Å². The minimum atomic E-state index is -6.99. The van der Waals surface area contributed by atoms with Crippen LogP contribution in [0.5, 0.6) is 0 Å². The highest BCUT2D eigenvalue weighted by atomic mass is 19.4. The van der Waals surface area contributed by atoms with Crippen LogP contribution >= 0.6 is 0 Å². The van der Waals surface area contributed by atoms with Crippen LogP contribution < -0.4 is 11.5 Å². The highest BCUT2D eigenvalue weighted by Crippen LogP contribution is 2.66. The highest BCUT2D eigenvalue weighted by Gasteiger charge is 2.87. The van der Waals surface area contributed by atoms with E-state index in [2.05, 4.69) is 0 Å². The average Bonchev–Trinajstić information content (AvgIpc) is 2.41. The molecule has 0 amide bonds. The van der Waals surface area contributed by atoms with E-state index >= 15 is 0 Å². The van der Waals surface area contributed by atoms with E-state index in [0.29, 0.717) is 0 Å². The SMILES string of the molecule is CC(C(F)(F)F)(C(F)(F)c1cc(N)cc(N)c1)C(F)(C(F)F)C(F)(F)F. The Morgan fingerprint density at radius 2 is 1.12 bits per heavy atom. The molecule has 0 aromatic heterocycles. The first-order chi connectivity index (χ1) is 11.3. The molecule has 26 heavy (non-hydrogen) atoms. The van der Waals surface area contributed by atoms with Gasteiger partial charge in [0.1, 0.15) is 0 Å². The number of alkyl halides is 11. The van der Waals surface area contributed by atoms with Crippen molar-refractivity contribution in [3.8, 4) is 0 Å². The zero-order valence-corrected chi connectivity index (χ0v) is 12.6. The molecule has 0 spiro atoms. The first-order valence-corrected chi connectivity index (χ1v) is 6.49. The maximum Gasteiger partial charge on any atom is 0.429 e. The molecule has 2 nitrogen and oxygen atoms in total. The number of nitrogens with two attached hydrogens (primary N) is 2. The minimum absolute atomic E-state index is 0.0859. The van der Waals surface area contributed by atoms with Crippen LogP contribution in [-0.4, -0.2) is 24.4 Å². The predicted molar refractivity (Wildman–Crippen MR) is 69.2 cm³/mol. The summed E-state index contributed by atoms with van der Waals surface area (Å²) in [7, 11) is 0. The zero-order chi connectivity index (χ0) is 20.9. The van der Waals surface area contributed by atoms with Crippen LogP contribution in [0.15, 0.2) is 18.2 Å². The monoisotopic (exact) mass is 404 g/mol. The summed E-state index contributed by atoms with van der Waals surface area (Å²) in [6, 6.07) is 0.940. The van der Waals surface area contributed by atoms with E-state index in [9.17, 15) is 48.3 Å². The standard InChI is InChI=1S/C13H11F11N2/c1-9(12(19,20)21,10(16,8(14)15)13(22,23)24)11(17,18)5-2-6(25)4-7(26)3-5/h2-4,8H,25-26H2,1H3. The molecule has 0 saturated carbocycles. The minimum Gasteiger partial charge on any atom is -0.399 e. The third-order valence-corrected chi connectivity index (χ3v) is 3.98. The van der Waals surface area contributed by atoms with Gasteiger partial charge in [0.05, 0.1) is 0 Å². The van der Waals surface area contributed by atoms with Crippen molar-refractivity contribution < 1.29 is 48.3 Å². The molecule has 1 rings (SSSR count). The van der Waals surface area contributed by atoms with Gasteiger partial charge < -0.3 is 11.5 Å². The first kappa shape index (κ1) is 22.1. The van der Waals surface area contributed by atoms with Crippen molar-refractivity contribution >= 4 is 11.4 Å². The van der Waals surface area contributed by atoms with Gasteiger partial charge in [-0.2, -0.15) is 26.3 Å². The lowest BCUT2D eigenvalue weighted by Gasteiger charge is -2.47. The van der Waals surface area contributed by atoms with E-state index in [1.54, 1.807) is 0 Å². The third-order valence-electron chi connectivity index (χ3n) is 3.98. The third kappa shape index (κ3) is 2.90. The number of benzene rings is 1. The quantitative estimate of drug-likeness (QED) is 0.545. The van der Waals surface area contributed by atoms with Crippen molar-refractivity contribution in [3.05, 3.63) is 23.8 Å². The molecular formula is C13H11F11N2. The van der Waals surface area contributed by atoms with Gasteiger partial charge in [-0.25, -0.2) is 22.0 Å². The van der Waals surface area contributed by atoms with Gasteiger partial charge >= 0.3 is 12.4 Å². The first-order valence-electron chi connectivity index (χ1n) is 6.49. The van der Waals surface area contributed by atoms with E-state index < -0.39 is 59.6 Å². The Morgan fingerprint density at radius 3 is 1.38 bits per heavy atom. The van der Waals surface area contributed by atoms with Crippen molar-refractivity contribution in [3.63, 3.8) is 0 Å². The van der Waals surface area contributed by atoms with Gasteiger partial charge in [0.2, 0.25) is 0 Å². The summed E-state index contributed by atoms with van der Waals surface area (Å²) in [6.45, 7) is -0.966. The number of rotatable bonds is 4. The maximum atomic E-state index is 14.5. The Morgan fingerprint density at radius 1 is 0.731 bits per heavy atom. The molecule has 0 saturated heterocycles. The summed E-state index contributed by atoms with van der Waals surface area (Å²) in [5.41, 5.74) is -5.63. The second kappa shape index (κ2) is 6.05. The van der Waals surface area contributed by atoms with Gasteiger partial charge in [0, 0.05) is 16.9 Å². The topological polar surface area (TPSA) is 52.0 Å². The van der Waals surface area contributed by atoms with Crippen molar-refractivity contribution in [1.82, 2.24) is 0 Å². The van der Waals surface area contributed by atoms with Crippen molar-refractivity contribution in [2.24, 2.45) is 5.41 Å². The molecule has 0 radical (unpaired) electrons. The van der Waals surface area contributed by atoms with Crippen LogP contribution in [-0.2, 0) is 5.92 Å². The van der Waals surface area contributed by atoms with Crippen molar-refractivity contribution in [2.75, 3.05) is 11.5 Å². The summed E-state index contributed by atoms with van der Waals surface area (Å²) in [5.74, 6) is -5.82. The van der Waals surface area contributed by atoms with E-state index in [4.69, 9.17) is 11.5 Å². The lowest BCUT2D eigenvalue weighted by molar-refractivity contribution is -0.410. The Kier molecular flexibility index (Phi) is 5.14. The van der Waals surface area contributed by atoms with Crippen LogP contribution in [0, 0.1) is 5.41 Å². The van der Waals surface area contributed by atoms with E-state index in [0.717, 1.165) is 6.07 Å². The van der Waals surface area contributed by atoms with Gasteiger partial charge in [-0.05, 0) is 25.1 Å². The molecule has 4 N–H and O–H groups in total. The van der Waals surface area contributed by atoms with Crippen LogP contribution in [0.4, 0.5) is 59.7 Å². The zero-order valence-electron chi connectivity index (χ0n) is 12.6. The fraction of sp³-hybridized carbons (Fsp3) is 0.538. The van der Waals surface area contributed by atoms with Gasteiger partial charge in [0.25, 0.3) is 18.0 Å². The second-order valence-electron chi connectivity index (χ2n) is 5.60. The molecule has 2 atom stereocenters. The van der Waals surface area contributed by atoms with E-state index in [1.807, 2.05) is 0 Å². The van der Waals surface area contributed by atoms with Gasteiger partial charge in [0.15, 0.2) is 5.41 Å². The number of halogens is 11. The summed E-state index contributed by atoms with van der Waals surface area (Å²) >= 11 is 0. The average molecular weight is 404 g/mol. The Bertz CT molecular complexity index is 647. The molecule has 0 aliphatic rings. The second-order valence-corrected chi connectivity index (χ2v) is 5.60. The Hall–Kier alpha value is -1.95. The number of nitrogen functional groups attached to an aromatic ring is 2. The Labute approximate surface area is 138 Å². The normalized spacial score (nSPS) is 18.5. The van der Waals surface area contributed by atoms with Crippen molar-refractivity contribution in [1.29, 1.82) is 0 Å². The smallest absolute Gasteiger partial charge is 0.399 e. The van der Waals surface area contributed by atoms with Gasteiger partial charge in [-0.3, -0.25) is 0 Å². The van der Waals surface area contributed by atoms with Crippen LogP contribution in [0.3, 0.4) is 0 Å². The molecule has 1 aromatic rings. The fourth-order valence-electron chi connectivity index (χ4n) is 2.38. The molecule has 150 valence electrons. The maximum absolute atomic E-state index is 14.5. The summed E-state index contributed by atoms with van der Waals surface area (Å²) in [6.07, 6.45) is -19.2. The lowest BCUT2D eigenvalue weighted by atomic mass is 9.66. The summed E-state index contributed by atoms with van der Waals surface area (Å²) < 4.78 is 147. The Balaban J connectivity index is 3.95. The molecule has 13 heteroatoms. The molecule has 0 heterocycles. The molecule has 0 fully saturated rings. The number of hydrogen-bond donors (Lipinski definition) is 2. The number of anilines is 2.